The van der Waals surface area contributed by atoms with Crippen molar-refractivity contribution in [2.75, 3.05) is 31.1 Å². The zero-order valence-corrected chi connectivity index (χ0v) is 18.8. The van der Waals surface area contributed by atoms with Crippen molar-refractivity contribution in [3.05, 3.63) is 51.2 Å². The summed E-state index contributed by atoms with van der Waals surface area (Å²) in [7, 11) is 0. The molecule has 2 fully saturated rings. The summed E-state index contributed by atoms with van der Waals surface area (Å²) in [4.78, 5) is 29.5. The number of piperidine rings is 1. The highest BCUT2D eigenvalue weighted by Gasteiger charge is 2.52. The molecule has 33 heavy (non-hydrogen) atoms. The summed E-state index contributed by atoms with van der Waals surface area (Å²) in [5.41, 5.74) is 5.12. The second kappa shape index (κ2) is 8.37. The predicted octanol–water partition coefficient (Wildman–Crippen LogP) is 3.79. The monoisotopic (exact) mass is 476 g/mol. The number of nitrogens with zero attached hydrogens (tertiary/aromatic N) is 3. The number of hydrogen-bond donors (Lipinski definition) is 1. The number of halogens is 3. The van der Waals surface area contributed by atoms with Gasteiger partial charge < -0.3 is 15.5 Å². The van der Waals surface area contributed by atoms with Crippen molar-refractivity contribution in [1.82, 2.24) is 4.90 Å². The van der Waals surface area contributed by atoms with Crippen LogP contribution in [0.15, 0.2) is 29.6 Å². The molecular weight excluding hydrogens is 453 g/mol. The number of carbonyl (C=O) groups excluding carboxylic acids is 2. The number of primary amides is 1. The summed E-state index contributed by atoms with van der Waals surface area (Å²) in [6.07, 6.45) is -3.58. The number of alkyl halides is 3. The van der Waals surface area contributed by atoms with Gasteiger partial charge in [-0.05, 0) is 55.0 Å². The first kappa shape index (κ1) is 23.1. The Morgan fingerprint density at radius 3 is 2.48 bits per heavy atom. The molecule has 10 heteroatoms. The van der Waals surface area contributed by atoms with E-state index in [-0.39, 0.29) is 12.5 Å². The van der Waals surface area contributed by atoms with E-state index in [0.717, 1.165) is 11.6 Å². The van der Waals surface area contributed by atoms with Crippen LogP contribution in [0, 0.1) is 29.6 Å². The predicted molar refractivity (Wildman–Crippen MR) is 118 cm³/mol. The van der Waals surface area contributed by atoms with Gasteiger partial charge in [0.2, 0.25) is 5.91 Å². The molecule has 1 aromatic carbocycles. The Morgan fingerprint density at radius 2 is 1.94 bits per heavy atom. The van der Waals surface area contributed by atoms with Gasteiger partial charge in [0.25, 0.3) is 5.91 Å². The largest absolute Gasteiger partial charge is 0.417 e. The molecule has 0 aliphatic carbocycles. The fourth-order valence-corrected chi connectivity index (χ4v) is 5.92. The molecule has 2 aliphatic heterocycles. The molecule has 1 spiro atoms. The lowest BCUT2D eigenvalue weighted by Gasteiger charge is -2.42. The number of rotatable bonds is 3. The van der Waals surface area contributed by atoms with Crippen LogP contribution in [-0.2, 0) is 11.0 Å². The summed E-state index contributed by atoms with van der Waals surface area (Å²) in [6, 6.07) is 7.18. The maximum Gasteiger partial charge on any atom is 0.417 e. The van der Waals surface area contributed by atoms with E-state index in [1.54, 1.807) is 11.0 Å². The van der Waals surface area contributed by atoms with Gasteiger partial charge in [-0.1, -0.05) is 0 Å². The fraction of sp³-hybridized carbons (Fsp3) is 0.435. The van der Waals surface area contributed by atoms with Crippen molar-refractivity contribution in [3.8, 4) is 6.07 Å². The average molecular weight is 477 g/mol. The third-order valence-corrected chi connectivity index (χ3v) is 7.89. The van der Waals surface area contributed by atoms with Gasteiger partial charge in [-0.2, -0.15) is 18.4 Å². The van der Waals surface area contributed by atoms with Crippen LogP contribution in [0.4, 0.5) is 18.9 Å². The van der Waals surface area contributed by atoms with Gasteiger partial charge in [0.05, 0.1) is 28.0 Å². The summed E-state index contributed by atoms with van der Waals surface area (Å²) < 4.78 is 40.1. The quantitative estimate of drug-likeness (QED) is 0.730. The zero-order valence-electron chi connectivity index (χ0n) is 18.0. The van der Waals surface area contributed by atoms with Crippen LogP contribution in [0.2, 0.25) is 0 Å². The first-order valence-corrected chi connectivity index (χ1v) is 11.4. The topological polar surface area (TPSA) is 90.4 Å². The van der Waals surface area contributed by atoms with Gasteiger partial charge in [0.1, 0.15) is 0 Å². The van der Waals surface area contributed by atoms with E-state index in [0.29, 0.717) is 43.0 Å². The van der Waals surface area contributed by atoms with Crippen LogP contribution in [-0.4, -0.2) is 42.9 Å². The number of anilines is 1. The van der Waals surface area contributed by atoms with Crippen LogP contribution in [0.25, 0.3) is 0 Å². The van der Waals surface area contributed by atoms with Gasteiger partial charge in [0, 0.05) is 37.3 Å². The highest BCUT2D eigenvalue weighted by Crippen LogP contribution is 2.46. The third-order valence-electron chi connectivity index (χ3n) is 6.89. The number of likely N-dealkylation sites (tertiary alicyclic amines) is 1. The molecule has 3 heterocycles. The van der Waals surface area contributed by atoms with E-state index in [1.807, 2.05) is 23.3 Å². The van der Waals surface area contributed by atoms with Crippen LogP contribution in [0.3, 0.4) is 0 Å². The summed E-state index contributed by atoms with van der Waals surface area (Å²) in [5, 5.41) is 10.9. The Kier molecular flexibility index (Phi) is 5.86. The summed E-state index contributed by atoms with van der Waals surface area (Å²) in [5.74, 6) is -1.08. The molecule has 2 saturated heterocycles. The molecule has 2 amide bonds. The molecule has 0 bridgehead atoms. The Balaban J connectivity index is 1.54. The lowest BCUT2D eigenvalue weighted by atomic mass is 9.70. The maximum atomic E-state index is 13.4. The Bertz CT molecular complexity index is 1130. The van der Waals surface area contributed by atoms with Gasteiger partial charge in [-0.15, -0.1) is 11.3 Å². The molecule has 2 N–H and O–H groups in total. The van der Waals surface area contributed by atoms with Gasteiger partial charge in [-0.25, -0.2) is 0 Å². The number of hydrogen-bond acceptors (Lipinski definition) is 5. The van der Waals surface area contributed by atoms with E-state index >= 15 is 0 Å². The second-order valence-corrected chi connectivity index (χ2v) is 9.68. The molecule has 2 aliphatic rings. The molecule has 2 aromatic rings. The van der Waals surface area contributed by atoms with Crippen LogP contribution >= 0.6 is 11.3 Å². The van der Waals surface area contributed by atoms with Crippen molar-refractivity contribution in [1.29, 1.82) is 5.26 Å². The number of nitrogens with two attached hydrogens (primary N) is 1. The molecular formula is C23H23F3N4O2S. The van der Waals surface area contributed by atoms with Crippen molar-refractivity contribution in [3.63, 3.8) is 0 Å². The third kappa shape index (κ3) is 4.17. The minimum Gasteiger partial charge on any atom is -0.371 e. The SMILES string of the molecule is Cc1ccsc1C(=O)N1CC(C(N)=O)C2(CCN(c3ccc(C#N)c(C(F)(F)F)c3)CC2)C1. The molecule has 1 atom stereocenters. The zero-order chi connectivity index (χ0) is 24.0. The molecule has 1 aromatic heterocycles. The van der Waals surface area contributed by atoms with E-state index in [9.17, 15) is 22.8 Å². The van der Waals surface area contributed by atoms with Gasteiger partial charge in [0.15, 0.2) is 0 Å². The van der Waals surface area contributed by atoms with Crippen LogP contribution in [0.5, 0.6) is 0 Å². The standard InChI is InChI=1S/C23H23F3N4O2S/c1-14-4-9-33-19(14)21(32)30-12-18(20(28)31)22(13-30)5-7-29(8-6-22)16-3-2-15(11-27)17(10-16)23(24,25)26/h2-4,9-10,18H,5-8,12-13H2,1H3,(H2,28,31). The number of amides is 2. The smallest absolute Gasteiger partial charge is 0.371 e. The molecule has 0 saturated carbocycles. The van der Waals surface area contributed by atoms with E-state index in [4.69, 9.17) is 11.0 Å². The van der Waals surface area contributed by atoms with E-state index in [2.05, 4.69) is 0 Å². The van der Waals surface area contributed by atoms with Crippen LogP contribution < -0.4 is 10.6 Å². The molecule has 6 nitrogen and oxygen atoms in total. The van der Waals surface area contributed by atoms with Crippen molar-refractivity contribution < 1.29 is 22.8 Å². The minimum atomic E-state index is -4.62. The van der Waals surface area contributed by atoms with Crippen molar-refractivity contribution in [2.24, 2.45) is 17.1 Å². The molecule has 1 unspecified atom stereocenters. The maximum absolute atomic E-state index is 13.4. The van der Waals surface area contributed by atoms with E-state index in [1.165, 1.54) is 23.5 Å². The minimum absolute atomic E-state index is 0.116. The second-order valence-electron chi connectivity index (χ2n) is 8.76. The highest BCUT2D eigenvalue weighted by atomic mass is 32.1. The number of thiophene rings is 1. The Labute approximate surface area is 193 Å². The van der Waals surface area contributed by atoms with Gasteiger partial charge in [-0.3, -0.25) is 9.59 Å². The summed E-state index contributed by atoms with van der Waals surface area (Å²) in [6.45, 7) is 3.36. The highest BCUT2D eigenvalue weighted by molar-refractivity contribution is 7.12. The Morgan fingerprint density at radius 1 is 1.24 bits per heavy atom. The number of carbonyl (C=O) groups is 2. The first-order chi connectivity index (χ1) is 15.6. The van der Waals surface area contributed by atoms with Crippen molar-refractivity contribution in [2.45, 2.75) is 25.9 Å². The van der Waals surface area contributed by atoms with Crippen LogP contribution in [0.1, 0.15) is 39.2 Å². The number of aryl methyl sites for hydroxylation is 1. The van der Waals surface area contributed by atoms with Crippen molar-refractivity contribution >= 4 is 28.8 Å². The first-order valence-electron chi connectivity index (χ1n) is 10.5. The van der Waals surface area contributed by atoms with E-state index < -0.39 is 34.5 Å². The lowest BCUT2D eigenvalue weighted by molar-refractivity contribution is -0.137. The fourth-order valence-electron chi connectivity index (χ4n) is 5.03. The number of benzene rings is 1. The number of nitriles is 1. The molecule has 174 valence electrons. The summed E-state index contributed by atoms with van der Waals surface area (Å²) >= 11 is 1.36. The molecule has 4 rings (SSSR count). The normalized spacial score (nSPS) is 20.2. The Hall–Kier alpha value is -3.06. The molecule has 0 radical (unpaired) electrons. The van der Waals surface area contributed by atoms with Gasteiger partial charge >= 0.3 is 6.18 Å². The lowest BCUT2D eigenvalue weighted by Crippen LogP contribution is -2.47. The average Bonchev–Trinajstić information content (AvgIpc) is 3.37.